The molecule has 20 heavy (non-hydrogen) atoms. The van der Waals surface area contributed by atoms with Crippen LogP contribution in [0.1, 0.15) is 12.8 Å². The number of fused-ring (bicyclic) bond motifs is 1. The summed E-state index contributed by atoms with van der Waals surface area (Å²) < 4.78 is 5.79. The third-order valence-corrected chi connectivity index (χ3v) is 4.13. The molecule has 1 saturated heterocycles. The number of likely N-dealkylation sites (N-methyl/N-ethyl adjacent to an activating group) is 1. The standard InChI is InChI=1S/C15H22N4O/c1-10-7-19(8-13(10)18(2)3)9-15-17-12-6-11(16)4-5-14(12)20-15/h4-6,10,13H,7-9,16H2,1-3H3. The van der Waals surface area contributed by atoms with Gasteiger partial charge in [-0.15, -0.1) is 0 Å². The van der Waals surface area contributed by atoms with Crippen LogP contribution in [0.15, 0.2) is 22.6 Å². The zero-order chi connectivity index (χ0) is 14.3. The van der Waals surface area contributed by atoms with E-state index in [-0.39, 0.29) is 0 Å². The van der Waals surface area contributed by atoms with Gasteiger partial charge in [0, 0.05) is 24.8 Å². The number of nitrogen functional groups attached to an aromatic ring is 1. The summed E-state index contributed by atoms with van der Waals surface area (Å²) >= 11 is 0. The van der Waals surface area contributed by atoms with Crippen molar-refractivity contribution in [3.8, 4) is 0 Å². The molecule has 1 aromatic heterocycles. The molecule has 2 aromatic rings. The SMILES string of the molecule is CC1CN(Cc2nc3cc(N)ccc3o2)CC1N(C)C. The Labute approximate surface area is 119 Å². The topological polar surface area (TPSA) is 58.5 Å². The third-order valence-electron chi connectivity index (χ3n) is 4.13. The minimum Gasteiger partial charge on any atom is -0.439 e. The molecule has 0 amide bonds. The maximum Gasteiger partial charge on any atom is 0.209 e. The van der Waals surface area contributed by atoms with Gasteiger partial charge in [-0.25, -0.2) is 4.98 Å². The van der Waals surface area contributed by atoms with Gasteiger partial charge in [-0.05, 0) is 38.2 Å². The van der Waals surface area contributed by atoms with E-state index in [1.165, 1.54) is 0 Å². The van der Waals surface area contributed by atoms with Crippen LogP contribution in [0.2, 0.25) is 0 Å². The van der Waals surface area contributed by atoms with E-state index in [0.717, 1.165) is 42.3 Å². The number of likely N-dealkylation sites (tertiary alicyclic amines) is 1. The predicted molar refractivity (Wildman–Crippen MR) is 80.3 cm³/mol. The molecular weight excluding hydrogens is 252 g/mol. The average Bonchev–Trinajstić information content (AvgIpc) is 2.92. The van der Waals surface area contributed by atoms with E-state index < -0.39 is 0 Å². The van der Waals surface area contributed by atoms with E-state index in [1.807, 2.05) is 18.2 Å². The Morgan fingerprint density at radius 2 is 2.20 bits per heavy atom. The molecule has 2 heterocycles. The molecule has 0 radical (unpaired) electrons. The molecule has 1 aliphatic heterocycles. The van der Waals surface area contributed by atoms with Gasteiger partial charge in [0.15, 0.2) is 5.58 Å². The Morgan fingerprint density at radius 3 is 2.90 bits per heavy atom. The Morgan fingerprint density at radius 1 is 1.40 bits per heavy atom. The van der Waals surface area contributed by atoms with Gasteiger partial charge in [0.1, 0.15) is 5.52 Å². The average molecular weight is 274 g/mol. The highest BCUT2D eigenvalue weighted by atomic mass is 16.3. The lowest BCUT2D eigenvalue weighted by atomic mass is 10.1. The fraction of sp³-hybridized carbons (Fsp3) is 0.533. The second-order valence-corrected chi connectivity index (χ2v) is 6.04. The van der Waals surface area contributed by atoms with Crippen LogP contribution in [0.25, 0.3) is 11.1 Å². The second kappa shape index (κ2) is 5.07. The summed E-state index contributed by atoms with van der Waals surface area (Å²) in [6, 6.07) is 6.20. The number of nitrogens with zero attached hydrogens (tertiary/aromatic N) is 3. The normalized spacial score (nSPS) is 24.0. The third kappa shape index (κ3) is 2.51. The van der Waals surface area contributed by atoms with Crippen molar-refractivity contribution in [2.75, 3.05) is 32.9 Å². The minimum absolute atomic E-state index is 0.607. The van der Waals surface area contributed by atoms with Crippen molar-refractivity contribution in [3.05, 3.63) is 24.1 Å². The van der Waals surface area contributed by atoms with Crippen molar-refractivity contribution in [2.24, 2.45) is 5.92 Å². The lowest BCUT2D eigenvalue weighted by Crippen LogP contribution is -2.34. The summed E-state index contributed by atoms with van der Waals surface area (Å²) in [6.07, 6.45) is 0. The summed E-state index contributed by atoms with van der Waals surface area (Å²) in [4.78, 5) is 9.24. The Bertz CT molecular complexity index is 607. The van der Waals surface area contributed by atoms with E-state index >= 15 is 0 Å². The Kier molecular flexibility index (Phi) is 3.40. The quantitative estimate of drug-likeness (QED) is 0.865. The first-order valence-electron chi connectivity index (χ1n) is 7.06. The van der Waals surface area contributed by atoms with Crippen molar-refractivity contribution < 1.29 is 4.42 Å². The number of rotatable bonds is 3. The van der Waals surface area contributed by atoms with Gasteiger partial charge in [-0.1, -0.05) is 6.92 Å². The second-order valence-electron chi connectivity index (χ2n) is 6.04. The summed E-state index contributed by atoms with van der Waals surface area (Å²) in [6.45, 7) is 5.22. The zero-order valence-corrected chi connectivity index (χ0v) is 12.3. The minimum atomic E-state index is 0.607. The molecule has 5 heteroatoms. The van der Waals surface area contributed by atoms with Crippen LogP contribution in [0.3, 0.4) is 0 Å². The van der Waals surface area contributed by atoms with Crippen LogP contribution >= 0.6 is 0 Å². The number of aromatic nitrogens is 1. The van der Waals surface area contributed by atoms with Crippen molar-refractivity contribution in [1.29, 1.82) is 0 Å². The zero-order valence-electron chi connectivity index (χ0n) is 12.3. The molecule has 108 valence electrons. The van der Waals surface area contributed by atoms with Gasteiger partial charge < -0.3 is 15.1 Å². The van der Waals surface area contributed by atoms with E-state index in [0.29, 0.717) is 12.0 Å². The fourth-order valence-electron chi connectivity index (χ4n) is 3.10. The van der Waals surface area contributed by atoms with Crippen molar-refractivity contribution in [1.82, 2.24) is 14.8 Å². The molecule has 2 N–H and O–H groups in total. The van der Waals surface area contributed by atoms with Crippen molar-refractivity contribution in [2.45, 2.75) is 19.5 Å². The lowest BCUT2D eigenvalue weighted by Gasteiger charge is -2.22. The molecular formula is C15H22N4O. The van der Waals surface area contributed by atoms with E-state index in [9.17, 15) is 0 Å². The number of hydrogen-bond donors (Lipinski definition) is 1. The van der Waals surface area contributed by atoms with Gasteiger partial charge >= 0.3 is 0 Å². The highest BCUT2D eigenvalue weighted by Crippen LogP contribution is 2.24. The van der Waals surface area contributed by atoms with Gasteiger partial charge in [0.05, 0.1) is 6.54 Å². The van der Waals surface area contributed by atoms with Crippen LogP contribution in [-0.4, -0.2) is 48.0 Å². The Balaban J connectivity index is 1.74. The van der Waals surface area contributed by atoms with Crippen LogP contribution in [0.5, 0.6) is 0 Å². The lowest BCUT2D eigenvalue weighted by molar-refractivity contribution is 0.243. The molecule has 1 fully saturated rings. The molecule has 1 aromatic carbocycles. The fourth-order valence-corrected chi connectivity index (χ4v) is 3.10. The van der Waals surface area contributed by atoms with Crippen molar-refractivity contribution >= 4 is 16.8 Å². The highest BCUT2D eigenvalue weighted by molar-refractivity contribution is 5.76. The first-order chi connectivity index (χ1) is 9.52. The smallest absolute Gasteiger partial charge is 0.209 e. The molecule has 2 atom stereocenters. The summed E-state index contributed by atoms with van der Waals surface area (Å²) in [7, 11) is 4.29. The highest BCUT2D eigenvalue weighted by Gasteiger charge is 2.31. The number of oxazole rings is 1. The van der Waals surface area contributed by atoms with Crippen LogP contribution in [-0.2, 0) is 6.54 Å². The molecule has 0 saturated carbocycles. The molecule has 3 rings (SSSR count). The maximum absolute atomic E-state index is 5.79. The largest absolute Gasteiger partial charge is 0.439 e. The van der Waals surface area contributed by atoms with Crippen LogP contribution < -0.4 is 5.73 Å². The molecule has 0 aliphatic carbocycles. The molecule has 1 aliphatic rings. The van der Waals surface area contributed by atoms with Gasteiger partial charge in [-0.3, -0.25) is 4.90 Å². The monoisotopic (exact) mass is 274 g/mol. The first kappa shape index (κ1) is 13.4. The summed E-state index contributed by atoms with van der Waals surface area (Å²) in [5.41, 5.74) is 8.15. The Hall–Kier alpha value is -1.59. The number of anilines is 1. The van der Waals surface area contributed by atoms with E-state index in [4.69, 9.17) is 10.2 Å². The van der Waals surface area contributed by atoms with Gasteiger partial charge in [0.2, 0.25) is 5.89 Å². The predicted octanol–water partition coefficient (Wildman–Crippen LogP) is 1.79. The number of hydrogen-bond acceptors (Lipinski definition) is 5. The van der Waals surface area contributed by atoms with Crippen molar-refractivity contribution in [3.63, 3.8) is 0 Å². The molecule has 0 bridgehead atoms. The van der Waals surface area contributed by atoms with E-state index in [1.54, 1.807) is 0 Å². The molecule has 0 spiro atoms. The van der Waals surface area contributed by atoms with Crippen LogP contribution in [0.4, 0.5) is 5.69 Å². The number of nitrogens with two attached hydrogens (primary N) is 1. The van der Waals surface area contributed by atoms with Crippen LogP contribution in [0, 0.1) is 5.92 Å². The number of benzene rings is 1. The van der Waals surface area contributed by atoms with Gasteiger partial charge in [-0.2, -0.15) is 0 Å². The first-order valence-corrected chi connectivity index (χ1v) is 7.06. The van der Waals surface area contributed by atoms with E-state index in [2.05, 4.69) is 35.8 Å². The molecule has 5 nitrogen and oxygen atoms in total. The summed E-state index contributed by atoms with van der Waals surface area (Å²) in [5, 5.41) is 0. The maximum atomic E-state index is 5.79. The van der Waals surface area contributed by atoms with Gasteiger partial charge in [0.25, 0.3) is 0 Å². The summed E-state index contributed by atoms with van der Waals surface area (Å²) in [5.74, 6) is 1.45. The molecule has 2 unspecified atom stereocenters.